The van der Waals surface area contributed by atoms with E-state index in [1.54, 1.807) is 116 Å². The summed E-state index contributed by atoms with van der Waals surface area (Å²) in [6.07, 6.45) is 9.06. The van der Waals surface area contributed by atoms with E-state index in [-0.39, 0.29) is 97.1 Å². The molecule has 6 saturated heterocycles. The average Bonchev–Trinajstić information content (AvgIpc) is 0.793. The van der Waals surface area contributed by atoms with Crippen molar-refractivity contribution in [2.24, 2.45) is 35.5 Å². The van der Waals surface area contributed by atoms with Crippen LogP contribution in [0.2, 0.25) is 10.0 Å². The third kappa shape index (κ3) is 34.7. The summed E-state index contributed by atoms with van der Waals surface area (Å²) in [5.41, 5.74) is 2.14. The predicted molar refractivity (Wildman–Crippen MR) is 501 cm³/mol. The summed E-state index contributed by atoms with van der Waals surface area (Å²) in [7, 11) is -18.4. The van der Waals surface area contributed by atoms with Gasteiger partial charge in [-0.3, -0.25) is 28.8 Å². The average molecular weight is 2100 g/mol. The number of halogens is 8. The number of hydrogen-bond acceptors (Lipinski definition) is 19. The molecule has 0 spiro atoms. The van der Waals surface area contributed by atoms with Gasteiger partial charge in [0, 0.05) is 133 Å². The molecule has 7 aromatic rings. The molecule has 0 saturated carbocycles. The molecule has 7 aromatic carbocycles. The molecule has 0 radical (unpaired) electrons. The summed E-state index contributed by atoms with van der Waals surface area (Å²) in [5.74, 6) is -3.47. The van der Waals surface area contributed by atoms with Crippen molar-refractivity contribution >= 4 is 185 Å². The number of hydrogen-bond donors (Lipinski definition) is 6. The van der Waals surface area contributed by atoms with E-state index in [0.717, 1.165) is 33.6 Å². The van der Waals surface area contributed by atoms with Crippen LogP contribution >= 0.6 is 55.1 Å². The molecule has 31 nitrogen and oxygen atoms in total. The van der Waals surface area contributed by atoms with Crippen LogP contribution in [0.1, 0.15) is 82.6 Å². The topological polar surface area (TPSA) is 408 Å². The molecule has 1 unspecified atom stereocenters. The highest BCUT2D eigenvalue weighted by atomic mass is 79.9. The molecule has 6 N–H and O–H groups in total. The Kier molecular flexibility index (Phi) is 40.2. The number of carbonyl (C=O) groups excluding carboxylic acids is 6. The van der Waals surface area contributed by atoms with Crippen LogP contribution in [-0.4, -0.2) is 229 Å². The number of nitrogens with one attached hydrogen (secondary N) is 6. The highest BCUT2D eigenvalue weighted by Crippen LogP contribution is 2.34. The summed E-state index contributed by atoms with van der Waals surface area (Å²) in [5, 5.41) is 17.4. The van der Waals surface area contributed by atoms with Gasteiger partial charge in [0.15, 0.2) is 0 Å². The molecule has 6 aliphatic rings. The van der Waals surface area contributed by atoms with E-state index >= 15 is 0 Å². The summed E-state index contributed by atoms with van der Waals surface area (Å²) in [4.78, 5) is 73.8. The second-order valence-electron chi connectivity index (χ2n) is 31.7. The van der Waals surface area contributed by atoms with E-state index in [1.807, 2.05) is 18.2 Å². The first-order chi connectivity index (χ1) is 60.9. The van der Waals surface area contributed by atoms with Gasteiger partial charge in [0.05, 0.1) is 89.4 Å². The number of ether oxygens (including phenoxy) is 1. The number of anilines is 6. The minimum atomic E-state index is -4.49. The monoisotopic (exact) mass is 2090 g/mol. The molecular weight excluding hydrogens is 1990 g/mol. The first-order valence-electron chi connectivity index (χ1n) is 41.1. The number of carbonyl (C=O) groups is 6. The number of benzene rings is 7. The van der Waals surface area contributed by atoms with Gasteiger partial charge in [0.25, 0.3) is 0 Å². The van der Waals surface area contributed by atoms with E-state index in [2.05, 4.69) is 63.8 Å². The van der Waals surface area contributed by atoms with Gasteiger partial charge in [-0.05, 0) is 208 Å². The Labute approximate surface area is 784 Å². The minimum absolute atomic E-state index is 0.0429. The van der Waals surface area contributed by atoms with Crippen molar-refractivity contribution in [3.63, 3.8) is 0 Å². The van der Waals surface area contributed by atoms with Gasteiger partial charge in [-0.15, -0.1) is 0 Å². The van der Waals surface area contributed by atoms with Crippen LogP contribution in [0.3, 0.4) is 0 Å². The van der Waals surface area contributed by atoms with Crippen molar-refractivity contribution in [3.05, 3.63) is 200 Å². The summed E-state index contributed by atoms with van der Waals surface area (Å²) in [6, 6.07) is 44.8. The Morgan fingerprint density at radius 3 is 1.01 bits per heavy atom. The molecule has 6 amide bonds. The maximum atomic E-state index is 13.0. The second-order valence-corrected chi connectivity index (χ2v) is 46.2. The highest BCUT2D eigenvalue weighted by molar-refractivity contribution is 9.10. The maximum Gasteiger partial charge on any atom is 0.416 e. The molecule has 45 heteroatoms. The smallest absolute Gasteiger partial charge is 0.416 e. The Morgan fingerprint density at radius 1 is 0.362 bits per heavy atom. The highest BCUT2D eigenvalue weighted by Gasteiger charge is 2.38. The van der Waals surface area contributed by atoms with Gasteiger partial charge in [0.1, 0.15) is 11.6 Å². The molecule has 6 atom stereocenters. The molecule has 0 bridgehead atoms. The lowest BCUT2D eigenvalue weighted by molar-refractivity contribution is -0.137. The number of nitrogens with zero attached hydrogens (tertiary/aromatic N) is 6. The van der Waals surface area contributed by atoms with Gasteiger partial charge in [0.2, 0.25) is 95.6 Å². The molecule has 0 aliphatic carbocycles. The van der Waals surface area contributed by atoms with E-state index in [9.17, 15) is 96.8 Å². The molecular formula is C85H106Br2Cl2F4N12O19S6. The molecule has 13 rings (SSSR count). The first kappa shape index (κ1) is 107. The van der Waals surface area contributed by atoms with Crippen molar-refractivity contribution in [2.75, 3.05) is 149 Å². The van der Waals surface area contributed by atoms with Crippen LogP contribution in [0.5, 0.6) is 5.75 Å². The van der Waals surface area contributed by atoms with Gasteiger partial charge >= 0.3 is 6.18 Å². The number of sulfonamides is 6. The molecule has 712 valence electrons. The van der Waals surface area contributed by atoms with E-state index < -0.39 is 101 Å². The van der Waals surface area contributed by atoms with Crippen LogP contribution in [0, 0.1) is 41.3 Å². The second kappa shape index (κ2) is 48.7. The fourth-order valence-corrected chi connectivity index (χ4v) is 21.7. The third-order valence-corrected chi connectivity index (χ3v) is 31.7. The SMILES string of the molecule is COc1cccc(NC(=O)[C@H]2CCCN(S(C)(=O)=O)C2)c1.CS(=O)(=O)N1CCC[C@H](C(=O)Nc2cccc(Br)c2)C1.CS(=O)(=O)N1CCC[C@H](C(=O)Nc2cccc(C(F)(F)F)c2)C1.CS(=O)(=O)N1CCC[C@H](C(=O)Nc2cccc(Cl)c2)C1.CS(=O)(=O)N1CCC[C@H](C(=O)Nc2cccc(F)c2)C1.O=C(Nc1ccc(Br)c(Cl)c1)C1CCCN(S(=O)(=O)c2ccccc2)C1. The number of piperidine rings is 6. The zero-order chi connectivity index (χ0) is 95.7. The fraction of sp³-hybridized carbons (Fsp3) is 0.435. The summed E-state index contributed by atoms with van der Waals surface area (Å²) in [6.45, 7) is 3.84. The van der Waals surface area contributed by atoms with Crippen molar-refractivity contribution in [1.29, 1.82) is 0 Å². The lowest BCUT2D eigenvalue weighted by Crippen LogP contribution is -2.43. The first-order valence-corrected chi connectivity index (χ1v) is 54.1. The predicted octanol–water partition coefficient (Wildman–Crippen LogP) is 13.2. The van der Waals surface area contributed by atoms with Crippen molar-refractivity contribution in [2.45, 2.75) is 88.1 Å². The van der Waals surface area contributed by atoms with Crippen molar-refractivity contribution < 1.29 is 102 Å². The van der Waals surface area contributed by atoms with Crippen LogP contribution in [-0.2, 0) is 95.1 Å². The van der Waals surface area contributed by atoms with E-state index in [1.165, 1.54) is 74.9 Å². The molecule has 6 fully saturated rings. The Morgan fingerprint density at radius 2 is 0.669 bits per heavy atom. The Bertz CT molecular complexity index is 5590. The Balaban J connectivity index is 0.000000193. The fourth-order valence-electron chi connectivity index (χ4n) is 14.6. The zero-order valence-electron chi connectivity index (χ0n) is 72.0. The van der Waals surface area contributed by atoms with Crippen LogP contribution in [0.15, 0.2) is 184 Å². The standard InChI is InChI=1S/C18H18BrClN2O3S.C14H17F3N2O3S.C14H20N2O4S.C13H17BrN2O3S.C13H17ClN2O3S.C13H17FN2O3S/c19-16-9-8-14(11-17(16)20)21-18(23)13-5-4-10-22(12-13)26(24,25)15-6-2-1-3-7-15;1-23(21,22)19-7-3-4-10(9-19)13(20)18-12-6-2-5-11(8-12)14(15,16)17;1-20-13-7-3-6-12(9-13)15-14(17)11-5-4-8-16(10-11)21(2,18)19;3*1-20(18,19)16-7-3-4-10(9-16)13(17)15-12-6-2-5-11(14)8-12/h1-3,6-9,11,13H,4-5,10,12H2,(H,21,23);2,5-6,8,10H,3-4,7,9H2,1H3,(H,18,20);3,6-7,9,11H,4-5,8,10H2,1-2H3,(H,15,17);3*2,5-6,8,10H,3-4,7,9H2,1H3,(H,15,17)/t;10-;11-;3*10-/m.00000/s1. The molecule has 6 heterocycles. The summed E-state index contributed by atoms with van der Waals surface area (Å²) >= 11 is 18.6. The molecule has 6 aliphatic heterocycles. The van der Waals surface area contributed by atoms with Gasteiger partial charge in [-0.25, -0.2) is 76.4 Å². The van der Waals surface area contributed by atoms with Crippen molar-refractivity contribution in [1.82, 2.24) is 25.8 Å². The van der Waals surface area contributed by atoms with E-state index in [4.69, 9.17) is 27.9 Å². The molecule has 0 aromatic heterocycles. The van der Waals surface area contributed by atoms with Gasteiger partial charge in [-0.2, -0.15) is 17.5 Å². The number of methoxy groups -OCH3 is 1. The number of rotatable bonds is 20. The Hall–Kier alpha value is -8.12. The van der Waals surface area contributed by atoms with Gasteiger partial charge in [-0.1, -0.05) is 87.7 Å². The lowest BCUT2D eigenvalue weighted by atomic mass is 9.98. The normalized spacial score (nSPS) is 20.0. The van der Waals surface area contributed by atoms with Gasteiger partial charge < -0.3 is 36.6 Å². The van der Waals surface area contributed by atoms with Crippen LogP contribution in [0.4, 0.5) is 51.7 Å². The number of alkyl halides is 3. The van der Waals surface area contributed by atoms with Crippen LogP contribution in [0.25, 0.3) is 0 Å². The van der Waals surface area contributed by atoms with Crippen molar-refractivity contribution in [3.8, 4) is 5.75 Å². The summed E-state index contributed by atoms with van der Waals surface area (Å²) < 4.78 is 207. The van der Waals surface area contributed by atoms with E-state index in [0.29, 0.717) is 161 Å². The molecule has 130 heavy (non-hydrogen) atoms. The quantitative estimate of drug-likeness (QED) is 0.0386. The zero-order valence-corrected chi connectivity index (χ0v) is 81.6. The maximum absolute atomic E-state index is 13.0. The number of amides is 6. The van der Waals surface area contributed by atoms with Crippen LogP contribution < -0.4 is 36.6 Å². The third-order valence-electron chi connectivity index (χ3n) is 21.5. The minimum Gasteiger partial charge on any atom is -0.497 e. The largest absolute Gasteiger partial charge is 0.497 e. The lowest BCUT2D eigenvalue weighted by Gasteiger charge is -2.31.